The third kappa shape index (κ3) is 8.04. The van der Waals surface area contributed by atoms with Crippen molar-refractivity contribution in [1.82, 2.24) is 14.5 Å². The molecule has 0 spiro atoms. The first kappa shape index (κ1) is 30.7. The highest BCUT2D eigenvalue weighted by atomic mass is 16.3. The van der Waals surface area contributed by atoms with E-state index in [9.17, 15) is 5.11 Å². The number of aryl methyl sites for hydroxylation is 1. The number of phenolic OH excluding ortho intramolecular Hbond substituents is 1. The first-order valence-electron chi connectivity index (χ1n) is 25.8. The number of aromatic nitrogens is 3. The highest BCUT2D eigenvalue weighted by molar-refractivity contribution is 5.97. The summed E-state index contributed by atoms with van der Waals surface area (Å²) in [4.78, 5) is 10.1. The summed E-state index contributed by atoms with van der Waals surface area (Å²) in [6, 6.07) is 40.8. The second-order valence-electron chi connectivity index (χ2n) is 17.8. The van der Waals surface area contributed by atoms with Crippen molar-refractivity contribution in [2.45, 2.75) is 98.6 Å². The van der Waals surface area contributed by atoms with Gasteiger partial charge in [-0.25, -0.2) is 4.98 Å². The van der Waals surface area contributed by atoms with Gasteiger partial charge in [0.1, 0.15) is 11.6 Å². The van der Waals surface area contributed by atoms with E-state index in [1.54, 1.807) is 60.8 Å². The van der Waals surface area contributed by atoms with Gasteiger partial charge in [0.25, 0.3) is 0 Å². The maximum Gasteiger partial charge on any atom is 0.149 e. The third-order valence-electron chi connectivity index (χ3n) is 11.6. The second kappa shape index (κ2) is 16.0. The van der Waals surface area contributed by atoms with Crippen molar-refractivity contribution in [3.8, 4) is 67.5 Å². The Hall–Kier alpha value is -6.26. The molecule has 308 valence electrons. The number of aromatic hydroxyl groups is 1. The third-order valence-corrected chi connectivity index (χ3v) is 11.6. The SMILES string of the molecule is [2H]C([2H])([2H])c1cc(-c2c(C(C)C)cccc2C([2H])(C)C)ccc1-n1c(-c2ccccc2O)nc2c(-c3cc(-c4cc(-c5ccc(C(C)(C([2H])([2H])[2H])C([2H])([2H])[2H])cc5)ccn4)cc(C(C)(C)C)c3)cccc21. The minimum atomic E-state index is -2.77. The highest BCUT2D eigenvalue weighted by Crippen LogP contribution is 2.42. The van der Waals surface area contributed by atoms with E-state index in [1.807, 2.05) is 79.1 Å². The van der Waals surface area contributed by atoms with Gasteiger partial charge in [-0.3, -0.25) is 9.55 Å². The molecule has 0 aliphatic rings. The van der Waals surface area contributed by atoms with E-state index >= 15 is 0 Å². The number of fused-ring (bicyclic) bond motifs is 1. The van der Waals surface area contributed by atoms with Crippen LogP contribution in [0.1, 0.15) is 122 Å². The highest BCUT2D eigenvalue weighted by Gasteiger charge is 2.24. The monoisotopic (exact) mass is 812 g/mol. The van der Waals surface area contributed by atoms with Gasteiger partial charge in [0.15, 0.2) is 0 Å². The lowest BCUT2D eigenvalue weighted by Gasteiger charge is -2.22. The summed E-state index contributed by atoms with van der Waals surface area (Å²) in [5.41, 5.74) is 8.88. The zero-order chi connectivity index (χ0) is 51.8. The smallest absolute Gasteiger partial charge is 0.149 e. The molecule has 8 aromatic rings. The van der Waals surface area contributed by atoms with Crippen molar-refractivity contribution >= 4 is 11.0 Å². The average Bonchev–Trinajstić information content (AvgIpc) is 3.69. The molecule has 1 N–H and O–H groups in total. The Labute approximate surface area is 377 Å². The Morgan fingerprint density at radius 3 is 2.03 bits per heavy atom. The minimum absolute atomic E-state index is 0.0213. The molecule has 0 aliphatic carbocycles. The average molecular weight is 812 g/mol. The number of para-hydroxylation sites is 2. The van der Waals surface area contributed by atoms with Crippen LogP contribution in [0.15, 0.2) is 140 Å². The fraction of sp³-hybridized carbons (Fsp3) is 0.263. The largest absolute Gasteiger partial charge is 0.507 e. The molecule has 8 rings (SSSR count). The van der Waals surface area contributed by atoms with Crippen LogP contribution in [-0.4, -0.2) is 19.6 Å². The zero-order valence-corrected chi connectivity index (χ0v) is 36.1. The van der Waals surface area contributed by atoms with Gasteiger partial charge in [-0.05, 0) is 140 Å². The van der Waals surface area contributed by atoms with E-state index < -0.39 is 31.9 Å². The molecule has 0 unspecified atom stereocenters. The van der Waals surface area contributed by atoms with Gasteiger partial charge < -0.3 is 5.11 Å². The molecule has 0 amide bonds. The number of hydrogen-bond acceptors (Lipinski definition) is 3. The lowest BCUT2D eigenvalue weighted by molar-refractivity contribution is 0.477. The normalized spacial score (nSPS) is 15.4. The van der Waals surface area contributed by atoms with Gasteiger partial charge in [-0.2, -0.15) is 0 Å². The summed E-state index contributed by atoms with van der Waals surface area (Å²) in [5, 5.41) is 11.4. The number of phenols is 1. The Kier molecular flexibility index (Phi) is 8.04. The molecule has 2 heterocycles. The van der Waals surface area contributed by atoms with Crippen molar-refractivity contribution in [2.75, 3.05) is 0 Å². The summed E-state index contributed by atoms with van der Waals surface area (Å²) in [6.45, 7) is 7.39. The standard InChI is InChI=1S/C57H59N3O/c1-35(2)45-17-14-18-46(36(3)4)53(45)40-24-27-50(37(5)30-40)60-51-20-15-19-47(54(51)59-55(60)48-16-12-13-21-52(48)61)41-31-42(33-44(32-41)57(9,10)11)49-34-39(28-29-58-49)38-22-25-43(26-23-38)56(6,7)8/h12-36,61H,1-11H3/i5D3,6D3,7D3,35D. The van der Waals surface area contributed by atoms with Crippen LogP contribution in [0, 0.1) is 6.85 Å². The quantitative estimate of drug-likeness (QED) is 0.166. The Bertz CT molecular complexity index is 3280. The van der Waals surface area contributed by atoms with Gasteiger partial charge in [-0.1, -0.05) is 148 Å². The molecule has 4 heteroatoms. The molecule has 4 nitrogen and oxygen atoms in total. The molecule has 0 atom stereocenters. The van der Waals surface area contributed by atoms with Gasteiger partial charge in [0.2, 0.25) is 0 Å². The molecule has 0 bridgehead atoms. The maximum absolute atomic E-state index is 11.4. The van der Waals surface area contributed by atoms with Gasteiger partial charge in [0.05, 0.1) is 28.0 Å². The van der Waals surface area contributed by atoms with Crippen LogP contribution in [0.5, 0.6) is 5.75 Å². The number of benzene rings is 6. The predicted molar refractivity (Wildman–Crippen MR) is 258 cm³/mol. The van der Waals surface area contributed by atoms with Crippen molar-refractivity contribution in [1.29, 1.82) is 0 Å². The molecule has 6 aromatic carbocycles. The molecular weight excluding hydrogens is 743 g/mol. The van der Waals surface area contributed by atoms with Crippen LogP contribution in [0.2, 0.25) is 0 Å². The molecule has 2 aromatic heterocycles. The maximum atomic E-state index is 11.4. The molecule has 0 radical (unpaired) electrons. The zero-order valence-electron chi connectivity index (χ0n) is 46.1. The molecule has 0 saturated heterocycles. The van der Waals surface area contributed by atoms with Crippen molar-refractivity contribution in [3.05, 3.63) is 167 Å². The number of imidazole rings is 1. The topological polar surface area (TPSA) is 50.9 Å². The van der Waals surface area contributed by atoms with Crippen molar-refractivity contribution in [3.63, 3.8) is 0 Å². The number of pyridine rings is 1. The molecular formula is C57H59N3O. The van der Waals surface area contributed by atoms with Gasteiger partial charge in [-0.15, -0.1) is 0 Å². The summed E-state index contributed by atoms with van der Waals surface area (Å²) in [6.07, 6.45) is 1.71. The fourth-order valence-electron chi connectivity index (χ4n) is 8.22. The van der Waals surface area contributed by atoms with E-state index in [0.717, 1.165) is 50.1 Å². The van der Waals surface area contributed by atoms with E-state index in [2.05, 4.69) is 52.8 Å². The molecule has 0 saturated carbocycles. The van der Waals surface area contributed by atoms with Crippen LogP contribution < -0.4 is 0 Å². The van der Waals surface area contributed by atoms with Crippen LogP contribution in [0.3, 0.4) is 0 Å². The molecule has 0 fully saturated rings. The van der Waals surface area contributed by atoms with E-state index in [-0.39, 0.29) is 28.2 Å². The van der Waals surface area contributed by atoms with Crippen molar-refractivity contribution < 1.29 is 18.8 Å². The predicted octanol–water partition coefficient (Wildman–Crippen LogP) is 15.6. The van der Waals surface area contributed by atoms with Crippen LogP contribution >= 0.6 is 0 Å². The summed E-state index contributed by atoms with van der Waals surface area (Å²) >= 11 is 0. The molecule has 0 aliphatic heterocycles. The lowest BCUT2D eigenvalue weighted by Crippen LogP contribution is -2.11. The van der Waals surface area contributed by atoms with Crippen LogP contribution in [-0.2, 0) is 10.8 Å². The van der Waals surface area contributed by atoms with E-state index in [0.29, 0.717) is 39.4 Å². The lowest BCUT2D eigenvalue weighted by atomic mass is 9.83. The number of nitrogens with zero attached hydrogens (tertiary/aromatic N) is 3. The fourth-order valence-corrected chi connectivity index (χ4v) is 8.22. The first-order valence-corrected chi connectivity index (χ1v) is 20.8. The Balaban J connectivity index is 1.32. The Morgan fingerprint density at radius 2 is 1.33 bits per heavy atom. The van der Waals surface area contributed by atoms with Gasteiger partial charge >= 0.3 is 0 Å². The van der Waals surface area contributed by atoms with Gasteiger partial charge in [0, 0.05) is 31.0 Å². The second-order valence-corrected chi connectivity index (χ2v) is 17.8. The summed E-state index contributed by atoms with van der Waals surface area (Å²) in [5.74, 6) is -0.542. The Morgan fingerprint density at radius 1 is 0.623 bits per heavy atom. The summed E-state index contributed by atoms with van der Waals surface area (Å²) in [7, 11) is 0. The minimum Gasteiger partial charge on any atom is -0.507 e. The number of rotatable bonds is 8. The van der Waals surface area contributed by atoms with Crippen LogP contribution in [0.25, 0.3) is 72.7 Å². The number of hydrogen-bond donors (Lipinski definition) is 1. The van der Waals surface area contributed by atoms with Crippen LogP contribution in [0.4, 0.5) is 0 Å². The van der Waals surface area contributed by atoms with E-state index in [1.165, 1.54) is 6.92 Å². The first-order chi connectivity index (χ1) is 33.0. The van der Waals surface area contributed by atoms with E-state index in [4.69, 9.17) is 23.7 Å². The molecule has 61 heavy (non-hydrogen) atoms. The van der Waals surface area contributed by atoms with Crippen molar-refractivity contribution in [2.24, 2.45) is 0 Å². The summed E-state index contributed by atoms with van der Waals surface area (Å²) < 4.78 is 86.7.